The molecule has 4 aliphatic carbocycles. The van der Waals surface area contributed by atoms with E-state index in [0.717, 1.165) is 49.5 Å². The van der Waals surface area contributed by atoms with Gasteiger partial charge in [-0.1, -0.05) is 43.6 Å². The van der Waals surface area contributed by atoms with Gasteiger partial charge in [-0.3, -0.25) is 0 Å². The van der Waals surface area contributed by atoms with Crippen LogP contribution < -0.4 is 5.32 Å². The van der Waals surface area contributed by atoms with Gasteiger partial charge in [-0.15, -0.1) is 0 Å². The molecule has 4 fully saturated rings. The first-order valence-corrected chi connectivity index (χ1v) is 13.3. The number of hydrogen-bond donors (Lipinski definition) is 2. The summed E-state index contributed by atoms with van der Waals surface area (Å²) in [7, 11) is 0. The van der Waals surface area contributed by atoms with Crippen LogP contribution in [-0.4, -0.2) is 35.5 Å². The maximum atomic E-state index is 10.3. The van der Waals surface area contributed by atoms with Crippen molar-refractivity contribution in [2.45, 2.75) is 109 Å². The lowest BCUT2D eigenvalue weighted by molar-refractivity contribution is -0.0720. The average molecular weight is 426 g/mol. The Hall–Kier alpha value is -0.640. The molecule has 10 atom stereocenters. The molecule has 31 heavy (non-hydrogen) atoms. The molecule has 0 bridgehead atoms. The molecule has 2 saturated carbocycles. The molecule has 1 unspecified atom stereocenters. The molecule has 3 heteroatoms. The summed E-state index contributed by atoms with van der Waals surface area (Å²) in [6.07, 6.45) is 13.4. The van der Waals surface area contributed by atoms with Crippen LogP contribution in [0.5, 0.6) is 0 Å². The van der Waals surface area contributed by atoms with E-state index in [4.69, 9.17) is 4.74 Å². The first-order chi connectivity index (χ1) is 14.8. The monoisotopic (exact) mass is 425 g/mol. The van der Waals surface area contributed by atoms with Gasteiger partial charge in [0.2, 0.25) is 0 Å². The van der Waals surface area contributed by atoms with Crippen LogP contribution in [0.15, 0.2) is 22.8 Å². The average Bonchev–Trinajstić information content (AvgIpc) is 3.19. The SMILES string of the molecule is CC1=C2C[C@H]3[C@@H](CC=C4C[C@@H](O)CC[C@@]43C)C2CC[C@@]2(C1)O[C@@H]1C[C@H](C)CN[C@H]1[C@H]2C. The van der Waals surface area contributed by atoms with E-state index >= 15 is 0 Å². The number of hydrogen-bond acceptors (Lipinski definition) is 3. The maximum absolute atomic E-state index is 10.3. The normalized spacial score (nSPS) is 54.0. The van der Waals surface area contributed by atoms with Gasteiger partial charge in [0, 0.05) is 12.0 Å². The Kier molecular flexibility index (Phi) is 4.85. The summed E-state index contributed by atoms with van der Waals surface area (Å²) in [6.45, 7) is 11.0. The molecule has 6 aliphatic rings. The van der Waals surface area contributed by atoms with Crippen LogP contribution in [0.1, 0.15) is 85.5 Å². The van der Waals surface area contributed by atoms with Gasteiger partial charge in [0.25, 0.3) is 0 Å². The molecule has 6 rings (SSSR count). The van der Waals surface area contributed by atoms with E-state index in [1.807, 2.05) is 0 Å². The second kappa shape index (κ2) is 7.18. The first-order valence-electron chi connectivity index (χ1n) is 13.3. The Bertz CT molecular complexity index is 816. The summed E-state index contributed by atoms with van der Waals surface area (Å²) < 4.78 is 7.01. The topological polar surface area (TPSA) is 41.5 Å². The van der Waals surface area contributed by atoms with Crippen molar-refractivity contribution in [3.63, 3.8) is 0 Å². The van der Waals surface area contributed by atoms with Gasteiger partial charge in [0.1, 0.15) is 0 Å². The number of allylic oxidation sites excluding steroid dienone is 2. The number of piperidine rings is 1. The fourth-order valence-corrected chi connectivity index (χ4v) is 9.21. The molecule has 2 aliphatic heterocycles. The molecule has 1 spiro atoms. The van der Waals surface area contributed by atoms with Gasteiger partial charge in [-0.05, 0) is 100 Å². The fourth-order valence-electron chi connectivity index (χ4n) is 9.21. The van der Waals surface area contributed by atoms with Crippen LogP contribution in [0.4, 0.5) is 0 Å². The molecule has 172 valence electrons. The highest BCUT2D eigenvalue weighted by atomic mass is 16.5. The van der Waals surface area contributed by atoms with E-state index in [0.29, 0.717) is 23.5 Å². The third-order valence-electron chi connectivity index (χ3n) is 11.0. The molecule has 0 aromatic heterocycles. The smallest absolute Gasteiger partial charge is 0.0765 e. The Labute approximate surface area is 189 Å². The van der Waals surface area contributed by atoms with Crippen molar-refractivity contribution in [1.82, 2.24) is 5.32 Å². The summed E-state index contributed by atoms with van der Waals surface area (Å²) >= 11 is 0. The van der Waals surface area contributed by atoms with Crippen LogP contribution in [0.25, 0.3) is 0 Å². The van der Waals surface area contributed by atoms with Crippen molar-refractivity contribution < 1.29 is 9.84 Å². The highest BCUT2D eigenvalue weighted by Gasteiger charge is 2.58. The third kappa shape index (κ3) is 3.02. The lowest BCUT2D eigenvalue weighted by Crippen LogP contribution is -2.48. The summed E-state index contributed by atoms with van der Waals surface area (Å²) in [5.41, 5.74) is 5.43. The summed E-state index contributed by atoms with van der Waals surface area (Å²) in [5, 5.41) is 14.1. The van der Waals surface area contributed by atoms with Gasteiger partial charge in [0.05, 0.1) is 17.8 Å². The maximum Gasteiger partial charge on any atom is 0.0765 e. The Balaban J connectivity index is 1.28. The van der Waals surface area contributed by atoms with Crippen molar-refractivity contribution in [2.24, 2.45) is 35.0 Å². The molecule has 2 heterocycles. The zero-order valence-corrected chi connectivity index (χ0v) is 20.1. The zero-order valence-electron chi connectivity index (χ0n) is 20.1. The third-order valence-corrected chi connectivity index (χ3v) is 11.0. The number of aliphatic hydroxyl groups excluding tert-OH is 1. The van der Waals surface area contributed by atoms with Gasteiger partial charge < -0.3 is 15.2 Å². The number of aliphatic hydroxyl groups is 1. The van der Waals surface area contributed by atoms with E-state index in [-0.39, 0.29) is 11.7 Å². The highest BCUT2D eigenvalue weighted by molar-refractivity contribution is 5.33. The standard InChI is InChI=1S/C28H43NO2/c1-16-11-25-26(29-15-16)18(3)28(31-25)10-8-21-22-6-5-19-12-20(30)7-9-27(19,4)24(22)13-23(21)17(2)14-28/h5,16,18,20-22,24-26,29-30H,6-15H2,1-4H3/t16-,18+,20-,21?,22-,24-,25+,26-,27-,28-/m0/s1. The molecular formula is C28H43NO2. The highest BCUT2D eigenvalue weighted by Crippen LogP contribution is 2.63. The van der Waals surface area contributed by atoms with Gasteiger partial charge in [-0.25, -0.2) is 0 Å². The lowest BCUT2D eigenvalue weighted by Gasteiger charge is -2.49. The van der Waals surface area contributed by atoms with Crippen LogP contribution in [0, 0.1) is 35.0 Å². The molecule has 0 radical (unpaired) electrons. The number of fused-ring (bicyclic) bond motifs is 6. The number of nitrogens with one attached hydrogen (secondary N) is 1. The van der Waals surface area contributed by atoms with Gasteiger partial charge in [-0.2, -0.15) is 0 Å². The van der Waals surface area contributed by atoms with Gasteiger partial charge in [0.15, 0.2) is 0 Å². The minimum Gasteiger partial charge on any atom is -0.393 e. The van der Waals surface area contributed by atoms with E-state index in [1.165, 1.54) is 38.5 Å². The van der Waals surface area contributed by atoms with Crippen molar-refractivity contribution in [1.29, 1.82) is 0 Å². The number of ether oxygens (including phenoxy) is 1. The summed E-state index contributed by atoms with van der Waals surface area (Å²) in [4.78, 5) is 0. The Morgan fingerprint density at radius 2 is 2.00 bits per heavy atom. The summed E-state index contributed by atoms with van der Waals surface area (Å²) in [6, 6.07) is 0.549. The molecule has 0 amide bonds. The summed E-state index contributed by atoms with van der Waals surface area (Å²) in [5.74, 6) is 3.69. The van der Waals surface area contributed by atoms with E-state index in [2.05, 4.69) is 39.1 Å². The molecule has 2 saturated heterocycles. The Morgan fingerprint density at radius 1 is 1.16 bits per heavy atom. The zero-order chi connectivity index (χ0) is 21.5. The second-order valence-electron chi connectivity index (χ2n) is 12.7. The van der Waals surface area contributed by atoms with E-state index in [9.17, 15) is 5.11 Å². The largest absolute Gasteiger partial charge is 0.393 e. The van der Waals surface area contributed by atoms with Crippen molar-refractivity contribution in [2.75, 3.05) is 6.54 Å². The predicted octanol–water partition coefficient (Wildman–Crippen LogP) is 5.39. The van der Waals surface area contributed by atoms with Crippen molar-refractivity contribution >= 4 is 0 Å². The molecule has 0 aromatic carbocycles. The number of rotatable bonds is 0. The van der Waals surface area contributed by atoms with Crippen molar-refractivity contribution in [3.8, 4) is 0 Å². The van der Waals surface area contributed by atoms with Crippen LogP contribution in [0.2, 0.25) is 0 Å². The lowest BCUT2D eigenvalue weighted by atomic mass is 9.56. The van der Waals surface area contributed by atoms with Crippen LogP contribution >= 0.6 is 0 Å². The Morgan fingerprint density at radius 3 is 2.84 bits per heavy atom. The molecule has 3 nitrogen and oxygen atoms in total. The first kappa shape index (κ1) is 20.9. The quantitative estimate of drug-likeness (QED) is 0.511. The predicted molar refractivity (Wildman–Crippen MR) is 125 cm³/mol. The minimum atomic E-state index is -0.107. The molecule has 0 aromatic rings. The van der Waals surface area contributed by atoms with E-state index in [1.54, 1.807) is 16.7 Å². The second-order valence-corrected chi connectivity index (χ2v) is 12.7. The van der Waals surface area contributed by atoms with Crippen LogP contribution in [-0.2, 0) is 4.74 Å². The van der Waals surface area contributed by atoms with Crippen molar-refractivity contribution in [3.05, 3.63) is 22.8 Å². The fraction of sp³-hybridized carbons (Fsp3) is 0.857. The van der Waals surface area contributed by atoms with Gasteiger partial charge >= 0.3 is 0 Å². The van der Waals surface area contributed by atoms with E-state index < -0.39 is 0 Å². The molecular weight excluding hydrogens is 382 g/mol. The molecule has 2 N–H and O–H groups in total. The van der Waals surface area contributed by atoms with Crippen LogP contribution in [0.3, 0.4) is 0 Å². The minimum absolute atomic E-state index is 0.0534.